The van der Waals surface area contributed by atoms with Crippen molar-refractivity contribution in [1.29, 1.82) is 0 Å². The van der Waals surface area contributed by atoms with E-state index in [9.17, 15) is 5.11 Å². The largest absolute Gasteiger partial charge is 0.387 e. The molecule has 6 aromatic carbocycles. The van der Waals surface area contributed by atoms with Gasteiger partial charge in [-0.25, -0.2) is 0 Å². The third-order valence-electron chi connectivity index (χ3n) is 8.10. The van der Waals surface area contributed by atoms with Gasteiger partial charge in [0.05, 0.1) is 6.10 Å². The van der Waals surface area contributed by atoms with Gasteiger partial charge in [0.25, 0.3) is 0 Å². The fraction of sp³-hybridized carbons (Fsp3) is 0.122. The van der Waals surface area contributed by atoms with E-state index in [-0.39, 0.29) is 6.04 Å². The molecule has 0 bridgehead atoms. The molecule has 1 N–H and O–H groups in total. The molecule has 0 aliphatic carbocycles. The van der Waals surface area contributed by atoms with Crippen molar-refractivity contribution >= 4 is 23.8 Å². The maximum atomic E-state index is 12.7. The second-order valence-corrected chi connectivity index (χ2v) is 13.3. The predicted molar refractivity (Wildman–Crippen MR) is 186 cm³/mol. The fourth-order valence-electron chi connectivity index (χ4n) is 5.95. The zero-order chi connectivity index (χ0) is 30.0. The van der Waals surface area contributed by atoms with E-state index in [0.29, 0.717) is 0 Å². The highest BCUT2D eigenvalue weighted by molar-refractivity contribution is 7.79. The van der Waals surface area contributed by atoms with Gasteiger partial charge in [-0.15, -0.1) is 0 Å². The summed E-state index contributed by atoms with van der Waals surface area (Å²) in [5, 5.41) is 16.4. The van der Waals surface area contributed by atoms with Gasteiger partial charge in [-0.3, -0.25) is 4.90 Å². The molecule has 44 heavy (non-hydrogen) atoms. The molecule has 3 heteroatoms. The summed E-state index contributed by atoms with van der Waals surface area (Å²) in [7, 11) is -0.877. The van der Waals surface area contributed by atoms with Crippen molar-refractivity contribution < 1.29 is 5.11 Å². The summed E-state index contributed by atoms with van der Waals surface area (Å²) >= 11 is 0. The van der Waals surface area contributed by atoms with Gasteiger partial charge in [-0.1, -0.05) is 176 Å². The van der Waals surface area contributed by atoms with Crippen molar-refractivity contribution in [2.45, 2.75) is 31.7 Å². The lowest BCUT2D eigenvalue weighted by Gasteiger charge is -2.37. The van der Waals surface area contributed by atoms with Crippen LogP contribution in [0.5, 0.6) is 0 Å². The number of hydrogen-bond donors (Lipinski definition) is 1. The van der Waals surface area contributed by atoms with E-state index in [1.165, 1.54) is 32.6 Å². The molecule has 0 aliphatic rings. The summed E-state index contributed by atoms with van der Waals surface area (Å²) in [6.07, 6.45) is 0.0150. The molecule has 0 spiro atoms. The van der Waals surface area contributed by atoms with Crippen LogP contribution in [0.4, 0.5) is 0 Å². The van der Waals surface area contributed by atoms with Crippen LogP contribution in [0.2, 0.25) is 0 Å². The lowest BCUT2D eigenvalue weighted by molar-refractivity contribution is 0.0388. The Labute approximate surface area is 263 Å². The van der Waals surface area contributed by atoms with Crippen molar-refractivity contribution in [3.63, 3.8) is 0 Å². The van der Waals surface area contributed by atoms with Gasteiger partial charge in [-0.05, 0) is 52.5 Å². The first-order valence-electron chi connectivity index (χ1n) is 15.3. The lowest BCUT2D eigenvalue weighted by atomic mass is 9.93. The van der Waals surface area contributed by atoms with Crippen LogP contribution in [0, 0.1) is 0 Å². The van der Waals surface area contributed by atoms with Gasteiger partial charge in [0.15, 0.2) is 0 Å². The summed E-state index contributed by atoms with van der Waals surface area (Å²) < 4.78 is 0. The minimum Gasteiger partial charge on any atom is -0.387 e. The highest BCUT2D eigenvalue weighted by Crippen LogP contribution is 2.37. The molecule has 0 saturated heterocycles. The molecule has 6 aromatic rings. The highest BCUT2D eigenvalue weighted by Gasteiger charge is 2.31. The van der Waals surface area contributed by atoms with Crippen LogP contribution < -0.4 is 15.9 Å². The third-order valence-corrected chi connectivity index (χ3v) is 10.6. The molecule has 0 aromatic heterocycles. The van der Waals surface area contributed by atoms with Crippen molar-refractivity contribution in [3.8, 4) is 0 Å². The van der Waals surface area contributed by atoms with Crippen LogP contribution in [0.1, 0.15) is 28.4 Å². The summed E-state index contributed by atoms with van der Waals surface area (Å²) in [5.41, 5.74) is 4.68. The third kappa shape index (κ3) is 7.41. The molecular formula is C41H38NOP. The van der Waals surface area contributed by atoms with Crippen LogP contribution >= 0.6 is 7.92 Å². The van der Waals surface area contributed by atoms with Gasteiger partial charge in [0, 0.05) is 19.1 Å². The zero-order valence-corrected chi connectivity index (χ0v) is 25.8. The number of hydrogen-bond acceptors (Lipinski definition) is 2. The smallest absolute Gasteiger partial charge is 0.0955 e. The Morgan fingerprint density at radius 2 is 0.841 bits per heavy atom. The zero-order valence-electron chi connectivity index (χ0n) is 24.9. The molecule has 0 heterocycles. The minimum absolute atomic E-state index is 0.164. The summed E-state index contributed by atoms with van der Waals surface area (Å²) in [6, 6.07) is 61.7. The molecular weight excluding hydrogens is 553 g/mol. The van der Waals surface area contributed by atoms with Gasteiger partial charge in [0.2, 0.25) is 0 Å². The summed E-state index contributed by atoms with van der Waals surface area (Å²) in [5.74, 6) is 0. The van der Waals surface area contributed by atoms with Crippen molar-refractivity contribution in [2.24, 2.45) is 0 Å². The van der Waals surface area contributed by atoms with E-state index < -0.39 is 14.0 Å². The average molecular weight is 592 g/mol. The molecule has 2 atom stereocenters. The second-order valence-electron chi connectivity index (χ2n) is 11.1. The molecule has 0 amide bonds. The maximum absolute atomic E-state index is 12.7. The van der Waals surface area contributed by atoms with Crippen LogP contribution in [-0.4, -0.2) is 16.0 Å². The van der Waals surface area contributed by atoms with E-state index in [2.05, 4.69) is 181 Å². The van der Waals surface area contributed by atoms with Gasteiger partial charge in [0.1, 0.15) is 0 Å². The monoisotopic (exact) mass is 591 g/mol. The molecule has 0 saturated carbocycles. The van der Waals surface area contributed by atoms with E-state index in [4.69, 9.17) is 0 Å². The Morgan fingerprint density at radius 3 is 1.32 bits per heavy atom. The average Bonchev–Trinajstić information content (AvgIpc) is 3.09. The summed E-state index contributed by atoms with van der Waals surface area (Å²) in [4.78, 5) is 2.46. The van der Waals surface area contributed by atoms with Crippen LogP contribution in [0.25, 0.3) is 0 Å². The van der Waals surface area contributed by atoms with E-state index in [0.717, 1.165) is 25.1 Å². The number of aliphatic hydroxyl groups excluding tert-OH is 1. The number of rotatable bonds is 12. The van der Waals surface area contributed by atoms with Crippen LogP contribution in [-0.2, 0) is 19.5 Å². The SMILES string of the molecule is OC(c1ccccc1P(c1ccccc1)c1ccccc1)C(Cc1ccccc1)N(Cc1ccccc1)Cc1ccccc1. The fourth-order valence-corrected chi connectivity index (χ4v) is 8.45. The Kier molecular flexibility index (Phi) is 10.1. The molecule has 0 radical (unpaired) electrons. The minimum atomic E-state index is -0.877. The van der Waals surface area contributed by atoms with Gasteiger partial charge >= 0.3 is 0 Å². The molecule has 218 valence electrons. The molecule has 0 aliphatic heterocycles. The van der Waals surface area contributed by atoms with Crippen LogP contribution in [0.3, 0.4) is 0 Å². The van der Waals surface area contributed by atoms with Crippen molar-refractivity contribution in [1.82, 2.24) is 4.90 Å². The standard InChI is InChI=1S/C41H38NOP/c43-41(38-28-16-17-29-40(38)44(36-24-12-4-13-25-36)37-26-14-5-15-27-37)39(30-33-18-6-1-7-19-33)42(31-34-20-8-2-9-21-34)32-35-22-10-3-11-23-35/h1-29,39,41,43H,30-32H2. The first-order valence-corrected chi connectivity index (χ1v) is 16.6. The van der Waals surface area contributed by atoms with E-state index in [1.807, 2.05) is 0 Å². The Hall–Kier alpha value is -4.33. The molecule has 2 nitrogen and oxygen atoms in total. The first-order chi connectivity index (χ1) is 21.8. The lowest BCUT2D eigenvalue weighted by Crippen LogP contribution is -2.42. The van der Waals surface area contributed by atoms with Gasteiger partial charge < -0.3 is 5.11 Å². The molecule has 0 fully saturated rings. The van der Waals surface area contributed by atoms with Crippen molar-refractivity contribution in [3.05, 3.63) is 198 Å². The normalized spacial score (nSPS) is 12.7. The number of benzene rings is 6. The highest BCUT2D eigenvalue weighted by atomic mass is 31.1. The predicted octanol–water partition coefficient (Wildman–Crippen LogP) is 7.79. The first kappa shape index (κ1) is 29.7. The van der Waals surface area contributed by atoms with Crippen LogP contribution in [0.15, 0.2) is 176 Å². The summed E-state index contributed by atoms with van der Waals surface area (Å²) in [6.45, 7) is 1.47. The van der Waals surface area contributed by atoms with E-state index >= 15 is 0 Å². The van der Waals surface area contributed by atoms with Gasteiger partial charge in [-0.2, -0.15) is 0 Å². The topological polar surface area (TPSA) is 23.5 Å². The molecule has 2 unspecified atom stereocenters. The molecule has 6 rings (SSSR count). The van der Waals surface area contributed by atoms with E-state index in [1.54, 1.807) is 0 Å². The number of aliphatic hydroxyl groups is 1. The second kappa shape index (κ2) is 14.9. The Morgan fingerprint density at radius 1 is 0.455 bits per heavy atom. The quantitative estimate of drug-likeness (QED) is 0.147. The maximum Gasteiger partial charge on any atom is 0.0955 e. The Bertz CT molecular complexity index is 1610. The Balaban J connectivity index is 1.46. The van der Waals surface area contributed by atoms with Crippen molar-refractivity contribution in [2.75, 3.05) is 0 Å². The number of nitrogens with zero attached hydrogens (tertiary/aromatic N) is 1.